The molecule has 0 aliphatic carbocycles. The van der Waals surface area contributed by atoms with E-state index in [-0.39, 0.29) is 44.9 Å². The first-order chi connectivity index (χ1) is 23.8. The molecule has 6 rings (SSSR count). The first-order valence-corrected chi connectivity index (χ1v) is 15.8. The van der Waals surface area contributed by atoms with E-state index in [9.17, 15) is 45.5 Å². The molecule has 0 fully saturated rings. The van der Waals surface area contributed by atoms with E-state index in [2.05, 4.69) is 4.98 Å². The molecule has 51 heavy (non-hydrogen) atoms. The molecular weight excluding hydrogens is 772 g/mol. The molecule has 2 heterocycles. The summed E-state index contributed by atoms with van der Waals surface area (Å²) in [5.41, 5.74) is -3.94. The minimum absolute atomic E-state index is 0.0140. The first kappa shape index (κ1) is 37.7. The second-order valence-corrected chi connectivity index (χ2v) is 12.7. The summed E-state index contributed by atoms with van der Waals surface area (Å²) in [6, 6.07) is 14.5. The van der Waals surface area contributed by atoms with E-state index in [4.69, 9.17) is 46.4 Å². The maximum atomic E-state index is 12.9. The van der Waals surface area contributed by atoms with Gasteiger partial charge < -0.3 is 4.98 Å². The van der Waals surface area contributed by atoms with E-state index in [0.717, 1.165) is 50.1 Å². The van der Waals surface area contributed by atoms with Crippen molar-refractivity contribution in [2.45, 2.75) is 25.4 Å². The summed E-state index contributed by atoms with van der Waals surface area (Å²) in [6.45, 7) is -0.179. The summed E-state index contributed by atoms with van der Waals surface area (Å²) in [5, 5.41) is 1.18. The summed E-state index contributed by atoms with van der Waals surface area (Å²) in [5.74, 6) is 0. The number of benzene rings is 4. The number of aryl methyl sites for hydroxylation is 1. The fourth-order valence-corrected chi connectivity index (χ4v) is 5.68. The van der Waals surface area contributed by atoms with Crippen LogP contribution in [0.3, 0.4) is 0 Å². The first-order valence-electron chi connectivity index (χ1n) is 14.3. The van der Waals surface area contributed by atoms with Gasteiger partial charge in [0.15, 0.2) is 0 Å². The molecule has 1 N–H and O–H groups in total. The van der Waals surface area contributed by atoms with Crippen molar-refractivity contribution in [3.05, 3.63) is 157 Å². The Morgan fingerprint density at radius 2 is 1.06 bits per heavy atom. The Balaban J connectivity index is 0.000000198. The summed E-state index contributed by atoms with van der Waals surface area (Å²) in [6.07, 6.45) is -9.14. The van der Waals surface area contributed by atoms with Gasteiger partial charge in [-0.15, -0.1) is 0 Å². The zero-order valence-corrected chi connectivity index (χ0v) is 28.6. The number of rotatable bonds is 4. The van der Waals surface area contributed by atoms with Crippen molar-refractivity contribution in [3.63, 3.8) is 0 Å². The Kier molecular flexibility index (Phi) is 10.6. The lowest BCUT2D eigenvalue weighted by atomic mass is 10.1. The maximum Gasteiger partial charge on any atom is 0.416 e. The number of aromatic amines is 1. The predicted molar refractivity (Wildman–Crippen MR) is 183 cm³/mol. The van der Waals surface area contributed by atoms with Crippen LogP contribution in [0.1, 0.15) is 22.3 Å². The minimum atomic E-state index is -4.57. The molecule has 18 heteroatoms. The molecule has 0 amide bonds. The largest absolute Gasteiger partial charge is 0.416 e. The Hall–Kier alpha value is -4.50. The number of hydrogen-bond donors (Lipinski definition) is 1. The van der Waals surface area contributed by atoms with E-state index < -0.39 is 46.0 Å². The molecule has 0 unspecified atom stereocenters. The number of hydrogen-bond acceptors (Lipinski definition) is 4. The van der Waals surface area contributed by atoms with Crippen LogP contribution in [0.25, 0.3) is 21.8 Å². The predicted octanol–water partition coefficient (Wildman–Crippen LogP) is 8.14. The average Bonchev–Trinajstić information content (AvgIpc) is 3.06. The van der Waals surface area contributed by atoms with Crippen LogP contribution in [-0.4, -0.2) is 18.7 Å². The average molecular weight is 792 g/mol. The van der Waals surface area contributed by atoms with E-state index in [1.807, 2.05) is 0 Å². The van der Waals surface area contributed by atoms with Gasteiger partial charge in [-0.2, -0.15) is 26.3 Å². The number of aromatic nitrogens is 4. The van der Waals surface area contributed by atoms with Crippen LogP contribution >= 0.6 is 46.4 Å². The third-order valence-corrected chi connectivity index (χ3v) is 9.12. The summed E-state index contributed by atoms with van der Waals surface area (Å²) in [7, 11) is 1.32. The Labute approximate surface area is 301 Å². The van der Waals surface area contributed by atoms with Gasteiger partial charge in [-0.3, -0.25) is 23.3 Å². The quantitative estimate of drug-likeness (QED) is 0.182. The monoisotopic (exact) mass is 790 g/mol. The molecule has 0 saturated heterocycles. The zero-order valence-electron chi connectivity index (χ0n) is 25.6. The molecule has 0 bridgehead atoms. The summed E-state index contributed by atoms with van der Waals surface area (Å²) in [4.78, 5) is 52.0. The zero-order chi connectivity index (χ0) is 37.6. The highest BCUT2D eigenvalue weighted by molar-refractivity contribution is 6.42. The third kappa shape index (κ3) is 8.04. The number of halogens is 10. The second-order valence-electron chi connectivity index (χ2n) is 11.0. The fraction of sp³-hybridized carbons (Fsp3) is 0.152. The maximum absolute atomic E-state index is 12.9. The van der Waals surface area contributed by atoms with Gasteiger partial charge in [-0.1, -0.05) is 58.5 Å². The van der Waals surface area contributed by atoms with Gasteiger partial charge >= 0.3 is 23.7 Å². The number of H-pyrrole nitrogens is 1. The lowest BCUT2D eigenvalue weighted by Crippen LogP contribution is -2.39. The van der Waals surface area contributed by atoms with Gasteiger partial charge in [-0.05, 0) is 71.8 Å². The van der Waals surface area contributed by atoms with Crippen molar-refractivity contribution in [1.82, 2.24) is 18.7 Å². The topological polar surface area (TPSA) is 98.9 Å². The van der Waals surface area contributed by atoms with E-state index >= 15 is 0 Å². The van der Waals surface area contributed by atoms with Gasteiger partial charge in [-0.25, -0.2) is 9.59 Å². The van der Waals surface area contributed by atoms with Crippen molar-refractivity contribution in [2.75, 3.05) is 0 Å². The van der Waals surface area contributed by atoms with Crippen LogP contribution in [-0.2, 0) is 32.5 Å². The van der Waals surface area contributed by atoms with Crippen molar-refractivity contribution < 1.29 is 26.3 Å². The molecular formula is C33H20Cl4F6N4O4. The number of fused-ring (bicyclic) bond motifs is 2. The molecule has 6 aromatic rings. The van der Waals surface area contributed by atoms with Crippen LogP contribution in [0, 0.1) is 0 Å². The molecule has 2 aromatic heterocycles. The highest BCUT2D eigenvalue weighted by atomic mass is 35.5. The Morgan fingerprint density at radius 3 is 1.57 bits per heavy atom. The Morgan fingerprint density at radius 1 is 0.588 bits per heavy atom. The lowest BCUT2D eigenvalue weighted by molar-refractivity contribution is -0.138. The molecule has 0 radical (unpaired) electrons. The Bertz CT molecular complexity index is 2580. The molecule has 4 aromatic carbocycles. The highest BCUT2D eigenvalue weighted by Gasteiger charge is 2.32. The van der Waals surface area contributed by atoms with E-state index in [0.29, 0.717) is 21.2 Å². The normalized spacial score (nSPS) is 11.9. The third-order valence-electron chi connectivity index (χ3n) is 7.64. The standard InChI is InChI=1S/C17H11Cl2F3N2O2.C16H9Cl2F3N2O2/c1-23-14-7-10(17(20,21)22)3-4-11(14)15(25)24(16(23)26)8-9-2-5-12(18)13(19)6-9;17-11-4-1-8(5-12(11)18)7-23-14(24)10-3-2-9(16(19,20)21)6-13(10)22-15(23)25/h2-7H,8H2,1H3;1-6H,7H2,(H,22,25). The summed E-state index contributed by atoms with van der Waals surface area (Å²) >= 11 is 23.5. The molecule has 0 aliphatic heterocycles. The van der Waals surface area contributed by atoms with Crippen LogP contribution in [0.15, 0.2) is 92.0 Å². The van der Waals surface area contributed by atoms with Gasteiger partial charge in [0.25, 0.3) is 11.1 Å². The van der Waals surface area contributed by atoms with E-state index in [1.54, 1.807) is 12.1 Å². The van der Waals surface area contributed by atoms with Crippen molar-refractivity contribution in [2.24, 2.45) is 7.05 Å². The van der Waals surface area contributed by atoms with Crippen LogP contribution in [0.2, 0.25) is 20.1 Å². The second kappa shape index (κ2) is 14.3. The van der Waals surface area contributed by atoms with Gasteiger partial charge in [0, 0.05) is 7.05 Å². The van der Waals surface area contributed by atoms with Gasteiger partial charge in [0.2, 0.25) is 0 Å². The number of nitrogens with one attached hydrogen (secondary N) is 1. The van der Waals surface area contributed by atoms with Gasteiger partial charge in [0.1, 0.15) is 0 Å². The molecule has 0 aliphatic rings. The van der Waals surface area contributed by atoms with Crippen molar-refractivity contribution in [3.8, 4) is 0 Å². The van der Waals surface area contributed by atoms with Crippen LogP contribution in [0.5, 0.6) is 0 Å². The van der Waals surface area contributed by atoms with Crippen LogP contribution in [0.4, 0.5) is 26.3 Å². The van der Waals surface area contributed by atoms with E-state index in [1.165, 1.54) is 31.3 Å². The smallest absolute Gasteiger partial charge is 0.307 e. The number of alkyl halides is 6. The summed E-state index contributed by atoms with van der Waals surface area (Å²) < 4.78 is 79.8. The lowest BCUT2D eigenvalue weighted by Gasteiger charge is -2.13. The SMILES string of the molecule is Cn1c(=O)n(Cc2ccc(Cl)c(Cl)c2)c(=O)c2ccc(C(F)(F)F)cc21.O=c1[nH]c2cc(C(F)(F)F)ccc2c(=O)n1Cc1ccc(Cl)c(Cl)c1. The van der Waals surface area contributed by atoms with Crippen molar-refractivity contribution in [1.29, 1.82) is 0 Å². The fourth-order valence-electron chi connectivity index (χ4n) is 5.04. The molecule has 8 nitrogen and oxygen atoms in total. The molecule has 266 valence electrons. The highest BCUT2D eigenvalue weighted by Crippen LogP contribution is 2.31. The molecule has 0 atom stereocenters. The minimum Gasteiger partial charge on any atom is -0.307 e. The van der Waals surface area contributed by atoms with Gasteiger partial charge in [0.05, 0.1) is 66.1 Å². The van der Waals surface area contributed by atoms with Crippen molar-refractivity contribution >= 4 is 68.2 Å². The molecule has 0 saturated carbocycles. The van der Waals surface area contributed by atoms with Crippen LogP contribution < -0.4 is 22.5 Å². The molecule has 0 spiro atoms. The number of nitrogens with zero attached hydrogens (tertiary/aromatic N) is 3.